The van der Waals surface area contributed by atoms with E-state index in [0.29, 0.717) is 11.8 Å². The van der Waals surface area contributed by atoms with Gasteiger partial charge in [0.1, 0.15) is 0 Å². The zero-order chi connectivity index (χ0) is 14.2. The van der Waals surface area contributed by atoms with Gasteiger partial charge in [0.25, 0.3) is 0 Å². The molecule has 4 heteroatoms. The molecule has 0 aromatic carbocycles. The fourth-order valence-corrected chi connectivity index (χ4v) is 4.89. The molecule has 2 heterocycles. The van der Waals surface area contributed by atoms with E-state index >= 15 is 0 Å². The van der Waals surface area contributed by atoms with Crippen LogP contribution in [0.4, 0.5) is 0 Å². The highest BCUT2D eigenvalue weighted by Crippen LogP contribution is 2.54. The quantitative estimate of drug-likeness (QED) is 0.857. The fourth-order valence-electron chi connectivity index (χ4n) is 4.15. The lowest BCUT2D eigenvalue weighted by Gasteiger charge is -2.25. The SMILES string of the molecule is O=C(C1CC2CC2C1)N1CCCN(Cc2cccs2)CC1. The van der Waals surface area contributed by atoms with E-state index in [2.05, 4.69) is 27.3 Å². The van der Waals surface area contributed by atoms with E-state index < -0.39 is 0 Å². The summed E-state index contributed by atoms with van der Waals surface area (Å²) in [5, 5.41) is 2.15. The number of rotatable bonds is 3. The average Bonchev–Trinajstić information content (AvgIpc) is 2.89. The molecule has 0 N–H and O–H groups in total. The van der Waals surface area contributed by atoms with Crippen molar-refractivity contribution < 1.29 is 4.79 Å². The van der Waals surface area contributed by atoms with Gasteiger partial charge in [-0.15, -0.1) is 11.3 Å². The Morgan fingerprint density at radius 3 is 2.76 bits per heavy atom. The summed E-state index contributed by atoms with van der Waals surface area (Å²) in [4.78, 5) is 18.7. The van der Waals surface area contributed by atoms with Gasteiger partial charge in [-0.2, -0.15) is 0 Å². The van der Waals surface area contributed by atoms with Gasteiger partial charge in [-0.25, -0.2) is 0 Å². The Morgan fingerprint density at radius 1 is 1.14 bits per heavy atom. The summed E-state index contributed by atoms with van der Waals surface area (Å²) in [6.45, 7) is 5.09. The van der Waals surface area contributed by atoms with Gasteiger partial charge >= 0.3 is 0 Å². The van der Waals surface area contributed by atoms with Gasteiger partial charge in [0.2, 0.25) is 5.91 Å². The van der Waals surface area contributed by atoms with Crippen LogP contribution < -0.4 is 0 Å². The van der Waals surface area contributed by atoms with Crippen molar-refractivity contribution in [2.24, 2.45) is 17.8 Å². The highest BCUT2D eigenvalue weighted by Gasteiger charge is 2.48. The van der Waals surface area contributed by atoms with E-state index in [1.807, 2.05) is 11.3 Å². The van der Waals surface area contributed by atoms with E-state index in [4.69, 9.17) is 0 Å². The van der Waals surface area contributed by atoms with Crippen LogP contribution in [0, 0.1) is 17.8 Å². The minimum Gasteiger partial charge on any atom is -0.341 e. The van der Waals surface area contributed by atoms with Gasteiger partial charge in [0.05, 0.1) is 0 Å². The van der Waals surface area contributed by atoms with Crippen molar-refractivity contribution in [3.05, 3.63) is 22.4 Å². The number of carbonyl (C=O) groups is 1. The molecule has 2 atom stereocenters. The van der Waals surface area contributed by atoms with Gasteiger partial charge < -0.3 is 4.90 Å². The smallest absolute Gasteiger partial charge is 0.225 e. The largest absolute Gasteiger partial charge is 0.341 e. The topological polar surface area (TPSA) is 23.6 Å². The lowest BCUT2D eigenvalue weighted by molar-refractivity contribution is -0.135. The van der Waals surface area contributed by atoms with Crippen LogP contribution >= 0.6 is 11.3 Å². The fraction of sp³-hybridized carbons (Fsp3) is 0.706. The van der Waals surface area contributed by atoms with Crippen molar-refractivity contribution in [2.75, 3.05) is 26.2 Å². The molecule has 2 saturated carbocycles. The van der Waals surface area contributed by atoms with Crippen molar-refractivity contribution in [2.45, 2.75) is 32.2 Å². The number of fused-ring (bicyclic) bond motifs is 1. The van der Waals surface area contributed by atoms with Gasteiger partial charge in [-0.05, 0) is 49.0 Å². The molecule has 1 amide bonds. The van der Waals surface area contributed by atoms with E-state index in [1.54, 1.807) is 0 Å². The van der Waals surface area contributed by atoms with Gasteiger partial charge in [0.15, 0.2) is 0 Å². The van der Waals surface area contributed by atoms with Crippen molar-refractivity contribution in [1.29, 1.82) is 0 Å². The third-order valence-corrected chi connectivity index (χ3v) is 6.31. The standard InChI is InChI=1S/C17H24N2OS/c20-17(15-10-13-9-14(13)11-15)19-5-2-4-18(6-7-19)12-16-3-1-8-21-16/h1,3,8,13-15H,2,4-7,9-12H2. The molecule has 1 saturated heterocycles. The maximum Gasteiger partial charge on any atom is 0.225 e. The van der Waals surface area contributed by atoms with Gasteiger partial charge in [0, 0.05) is 43.5 Å². The molecule has 2 unspecified atom stereocenters. The van der Waals surface area contributed by atoms with Gasteiger partial charge in [-0.3, -0.25) is 9.69 Å². The van der Waals surface area contributed by atoms with Crippen LogP contribution in [0.1, 0.15) is 30.6 Å². The molecule has 3 aliphatic rings. The van der Waals surface area contributed by atoms with Crippen molar-refractivity contribution in [3.8, 4) is 0 Å². The molecule has 21 heavy (non-hydrogen) atoms. The molecule has 3 nitrogen and oxygen atoms in total. The molecule has 114 valence electrons. The Hall–Kier alpha value is -0.870. The molecule has 1 aromatic rings. The maximum absolute atomic E-state index is 12.7. The molecular formula is C17H24N2OS. The zero-order valence-electron chi connectivity index (χ0n) is 12.5. The maximum atomic E-state index is 12.7. The minimum atomic E-state index is 0.359. The van der Waals surface area contributed by atoms with E-state index in [9.17, 15) is 4.79 Å². The summed E-state index contributed by atoms with van der Waals surface area (Å²) in [6, 6.07) is 4.34. The Kier molecular flexibility index (Phi) is 3.76. The van der Waals surface area contributed by atoms with Crippen LogP contribution in [-0.2, 0) is 11.3 Å². The van der Waals surface area contributed by atoms with Crippen LogP contribution in [-0.4, -0.2) is 41.9 Å². The summed E-state index contributed by atoms with van der Waals surface area (Å²) >= 11 is 1.83. The van der Waals surface area contributed by atoms with Crippen LogP contribution in [0.5, 0.6) is 0 Å². The Labute approximate surface area is 130 Å². The summed E-state index contributed by atoms with van der Waals surface area (Å²) in [5.74, 6) is 2.63. The average molecular weight is 304 g/mol. The molecule has 3 fully saturated rings. The van der Waals surface area contributed by atoms with Crippen LogP contribution in [0.3, 0.4) is 0 Å². The van der Waals surface area contributed by atoms with Crippen LogP contribution in [0.25, 0.3) is 0 Å². The lowest BCUT2D eigenvalue weighted by Crippen LogP contribution is -2.38. The molecule has 0 radical (unpaired) electrons. The van der Waals surface area contributed by atoms with Crippen molar-refractivity contribution >= 4 is 17.2 Å². The first kappa shape index (κ1) is 13.8. The molecule has 2 aliphatic carbocycles. The second-order valence-electron chi connectivity index (χ2n) is 6.96. The number of carbonyl (C=O) groups excluding carboxylic acids is 1. The van der Waals surface area contributed by atoms with Gasteiger partial charge in [-0.1, -0.05) is 6.07 Å². The van der Waals surface area contributed by atoms with Crippen LogP contribution in [0.15, 0.2) is 17.5 Å². The second-order valence-corrected chi connectivity index (χ2v) is 7.99. The second kappa shape index (κ2) is 5.73. The predicted octanol–water partition coefficient (Wildman–Crippen LogP) is 2.83. The van der Waals surface area contributed by atoms with E-state index in [0.717, 1.165) is 51.0 Å². The van der Waals surface area contributed by atoms with Crippen LogP contribution in [0.2, 0.25) is 0 Å². The Bertz CT molecular complexity index is 491. The molecular weight excluding hydrogens is 280 g/mol. The first-order chi connectivity index (χ1) is 10.3. The zero-order valence-corrected chi connectivity index (χ0v) is 13.4. The molecule has 0 bridgehead atoms. The molecule has 1 aromatic heterocycles. The lowest BCUT2D eigenvalue weighted by atomic mass is 10.0. The first-order valence-corrected chi connectivity index (χ1v) is 9.21. The number of amides is 1. The predicted molar refractivity (Wildman–Crippen MR) is 85.1 cm³/mol. The highest BCUT2D eigenvalue weighted by molar-refractivity contribution is 7.09. The Balaban J connectivity index is 1.31. The van der Waals surface area contributed by atoms with E-state index in [1.165, 1.54) is 24.1 Å². The molecule has 0 spiro atoms. The number of hydrogen-bond acceptors (Lipinski definition) is 3. The van der Waals surface area contributed by atoms with Crippen molar-refractivity contribution in [3.63, 3.8) is 0 Å². The number of thiophene rings is 1. The van der Waals surface area contributed by atoms with Crippen molar-refractivity contribution in [1.82, 2.24) is 9.80 Å². The number of nitrogens with zero attached hydrogens (tertiary/aromatic N) is 2. The molecule has 4 rings (SSSR count). The molecule has 1 aliphatic heterocycles. The monoisotopic (exact) mass is 304 g/mol. The first-order valence-electron chi connectivity index (χ1n) is 8.33. The normalized spacial score (nSPS) is 32.8. The Morgan fingerprint density at radius 2 is 2.00 bits per heavy atom. The van der Waals surface area contributed by atoms with E-state index in [-0.39, 0.29) is 0 Å². The summed E-state index contributed by atoms with van der Waals surface area (Å²) < 4.78 is 0. The third kappa shape index (κ3) is 3.02. The number of hydrogen-bond donors (Lipinski definition) is 0. The highest BCUT2D eigenvalue weighted by atomic mass is 32.1. The summed E-state index contributed by atoms with van der Waals surface area (Å²) in [7, 11) is 0. The third-order valence-electron chi connectivity index (χ3n) is 5.45. The summed E-state index contributed by atoms with van der Waals surface area (Å²) in [6.07, 6.45) is 4.88. The minimum absolute atomic E-state index is 0.359. The summed E-state index contributed by atoms with van der Waals surface area (Å²) in [5.41, 5.74) is 0.